The van der Waals surface area contributed by atoms with Crippen molar-refractivity contribution in [3.05, 3.63) is 18.0 Å². The molecule has 0 aromatic carbocycles. The molecular formula is C13H24N4. The van der Waals surface area contributed by atoms with Gasteiger partial charge in [0.2, 0.25) is 0 Å². The first-order valence-corrected chi connectivity index (χ1v) is 6.66. The monoisotopic (exact) mass is 236 g/mol. The molecule has 0 bridgehead atoms. The third kappa shape index (κ3) is 3.54. The van der Waals surface area contributed by atoms with Gasteiger partial charge in [0.05, 0.1) is 12.2 Å². The molecule has 4 heteroatoms. The van der Waals surface area contributed by atoms with Crippen LogP contribution in [0, 0.1) is 0 Å². The van der Waals surface area contributed by atoms with E-state index in [1.165, 1.54) is 31.4 Å². The highest BCUT2D eigenvalue weighted by Gasteiger charge is 2.19. The maximum atomic E-state index is 4.52. The predicted molar refractivity (Wildman–Crippen MR) is 70.2 cm³/mol. The molecule has 0 aliphatic carbocycles. The predicted octanol–water partition coefficient (Wildman–Crippen LogP) is 1.30. The van der Waals surface area contributed by atoms with E-state index in [1.807, 2.05) is 13.2 Å². The van der Waals surface area contributed by atoms with Gasteiger partial charge in [0.15, 0.2) is 0 Å². The summed E-state index contributed by atoms with van der Waals surface area (Å²) in [6.07, 6.45) is 9.14. The molecule has 1 fully saturated rings. The summed E-state index contributed by atoms with van der Waals surface area (Å²) in [5, 5.41) is 7.70. The summed E-state index contributed by atoms with van der Waals surface area (Å²) in [4.78, 5) is 2.40. The van der Waals surface area contributed by atoms with Crippen LogP contribution in [0.3, 0.4) is 0 Å². The average molecular weight is 236 g/mol. The Bertz CT molecular complexity index is 334. The van der Waals surface area contributed by atoms with Crippen LogP contribution in [-0.2, 0) is 6.42 Å². The number of piperidine rings is 1. The molecule has 1 saturated heterocycles. The molecule has 1 unspecified atom stereocenters. The molecule has 2 heterocycles. The summed E-state index contributed by atoms with van der Waals surface area (Å²) in [6, 6.07) is 0.576. The van der Waals surface area contributed by atoms with Gasteiger partial charge in [0.1, 0.15) is 0 Å². The molecule has 0 spiro atoms. The van der Waals surface area contributed by atoms with Crippen molar-refractivity contribution in [2.24, 2.45) is 0 Å². The minimum absolute atomic E-state index is 0.576. The SMILES string of the molecule is CNCCCc1cnn(C2CCCN(C)C2)c1. The number of hydrogen-bond donors (Lipinski definition) is 1. The quantitative estimate of drug-likeness (QED) is 0.782. The molecule has 0 radical (unpaired) electrons. The van der Waals surface area contributed by atoms with Crippen LogP contribution >= 0.6 is 0 Å². The largest absolute Gasteiger partial charge is 0.320 e. The first-order valence-electron chi connectivity index (χ1n) is 6.66. The van der Waals surface area contributed by atoms with Crippen molar-refractivity contribution >= 4 is 0 Å². The maximum Gasteiger partial charge on any atom is 0.0646 e. The van der Waals surface area contributed by atoms with Crippen molar-refractivity contribution in [3.63, 3.8) is 0 Å². The number of rotatable bonds is 5. The normalized spacial score (nSPS) is 21.9. The van der Waals surface area contributed by atoms with Crippen LogP contribution in [0.25, 0.3) is 0 Å². The Balaban J connectivity index is 1.88. The molecule has 1 atom stereocenters. The van der Waals surface area contributed by atoms with Gasteiger partial charge in [-0.15, -0.1) is 0 Å². The van der Waals surface area contributed by atoms with Crippen LogP contribution in [0.4, 0.5) is 0 Å². The van der Waals surface area contributed by atoms with Crippen LogP contribution < -0.4 is 5.32 Å². The number of likely N-dealkylation sites (tertiary alicyclic amines) is 1. The second kappa shape index (κ2) is 6.17. The fraction of sp³-hybridized carbons (Fsp3) is 0.769. The fourth-order valence-corrected chi connectivity index (χ4v) is 2.53. The minimum Gasteiger partial charge on any atom is -0.320 e. The zero-order valence-corrected chi connectivity index (χ0v) is 11.0. The van der Waals surface area contributed by atoms with Crippen LogP contribution in [0.15, 0.2) is 12.4 Å². The van der Waals surface area contributed by atoms with Gasteiger partial charge in [0, 0.05) is 12.7 Å². The molecule has 1 aliphatic rings. The van der Waals surface area contributed by atoms with E-state index in [-0.39, 0.29) is 0 Å². The molecule has 4 nitrogen and oxygen atoms in total. The fourth-order valence-electron chi connectivity index (χ4n) is 2.53. The van der Waals surface area contributed by atoms with Gasteiger partial charge in [-0.3, -0.25) is 4.68 Å². The minimum atomic E-state index is 0.576. The Morgan fingerprint density at radius 1 is 1.53 bits per heavy atom. The Hall–Kier alpha value is -0.870. The Labute approximate surface area is 104 Å². The first kappa shape index (κ1) is 12.6. The van der Waals surface area contributed by atoms with Gasteiger partial charge < -0.3 is 10.2 Å². The second-order valence-electron chi connectivity index (χ2n) is 5.09. The van der Waals surface area contributed by atoms with Crippen LogP contribution in [0.2, 0.25) is 0 Å². The summed E-state index contributed by atoms with van der Waals surface area (Å²) in [5.74, 6) is 0. The van der Waals surface area contributed by atoms with E-state index in [1.54, 1.807) is 0 Å². The summed E-state index contributed by atoms with van der Waals surface area (Å²) in [7, 11) is 4.20. The molecule has 0 saturated carbocycles. The summed E-state index contributed by atoms with van der Waals surface area (Å²) in [5.41, 5.74) is 1.37. The van der Waals surface area contributed by atoms with Gasteiger partial charge in [-0.25, -0.2) is 0 Å². The first-order chi connectivity index (χ1) is 8.29. The van der Waals surface area contributed by atoms with Crippen molar-refractivity contribution < 1.29 is 0 Å². The molecular weight excluding hydrogens is 212 g/mol. The lowest BCUT2D eigenvalue weighted by Crippen LogP contribution is -2.33. The van der Waals surface area contributed by atoms with Crippen molar-refractivity contribution in [1.82, 2.24) is 20.0 Å². The van der Waals surface area contributed by atoms with Crippen molar-refractivity contribution in [1.29, 1.82) is 0 Å². The van der Waals surface area contributed by atoms with E-state index in [4.69, 9.17) is 0 Å². The highest BCUT2D eigenvalue weighted by Crippen LogP contribution is 2.20. The molecule has 1 N–H and O–H groups in total. The molecule has 1 aromatic heterocycles. The van der Waals surface area contributed by atoms with Gasteiger partial charge in [-0.05, 0) is 58.4 Å². The lowest BCUT2D eigenvalue weighted by molar-refractivity contribution is 0.202. The number of aromatic nitrogens is 2. The highest BCUT2D eigenvalue weighted by atomic mass is 15.3. The Kier molecular flexibility index (Phi) is 4.57. The molecule has 1 aromatic rings. The van der Waals surface area contributed by atoms with Gasteiger partial charge >= 0.3 is 0 Å². The number of hydrogen-bond acceptors (Lipinski definition) is 3. The lowest BCUT2D eigenvalue weighted by Gasteiger charge is -2.29. The number of nitrogens with one attached hydrogen (secondary N) is 1. The number of likely N-dealkylation sites (N-methyl/N-ethyl adjacent to an activating group) is 1. The van der Waals surface area contributed by atoms with Gasteiger partial charge in [-0.1, -0.05) is 0 Å². The Morgan fingerprint density at radius 3 is 3.18 bits per heavy atom. The van der Waals surface area contributed by atoms with Gasteiger partial charge in [0.25, 0.3) is 0 Å². The number of aryl methyl sites for hydroxylation is 1. The zero-order valence-electron chi connectivity index (χ0n) is 11.0. The van der Waals surface area contributed by atoms with Gasteiger partial charge in [-0.2, -0.15) is 5.10 Å². The molecule has 96 valence electrons. The highest BCUT2D eigenvalue weighted by molar-refractivity contribution is 5.05. The average Bonchev–Trinajstić information content (AvgIpc) is 2.78. The van der Waals surface area contributed by atoms with Crippen LogP contribution in [-0.4, -0.2) is 48.4 Å². The lowest BCUT2D eigenvalue weighted by atomic mass is 10.1. The smallest absolute Gasteiger partial charge is 0.0646 e. The van der Waals surface area contributed by atoms with E-state index in [0.717, 1.165) is 19.5 Å². The zero-order chi connectivity index (χ0) is 12.1. The van der Waals surface area contributed by atoms with E-state index in [9.17, 15) is 0 Å². The second-order valence-corrected chi connectivity index (χ2v) is 5.09. The summed E-state index contributed by atoms with van der Waals surface area (Å²) < 4.78 is 2.17. The summed E-state index contributed by atoms with van der Waals surface area (Å²) in [6.45, 7) is 3.45. The Morgan fingerprint density at radius 2 is 2.41 bits per heavy atom. The van der Waals surface area contributed by atoms with Crippen LogP contribution in [0.5, 0.6) is 0 Å². The maximum absolute atomic E-state index is 4.52. The molecule has 17 heavy (non-hydrogen) atoms. The molecule has 1 aliphatic heterocycles. The van der Waals surface area contributed by atoms with E-state index >= 15 is 0 Å². The van der Waals surface area contributed by atoms with Crippen molar-refractivity contribution in [2.75, 3.05) is 33.7 Å². The number of nitrogens with zero attached hydrogens (tertiary/aromatic N) is 3. The third-order valence-corrected chi connectivity index (χ3v) is 3.52. The molecule has 0 amide bonds. The van der Waals surface area contributed by atoms with E-state index < -0.39 is 0 Å². The van der Waals surface area contributed by atoms with Crippen LogP contribution in [0.1, 0.15) is 30.9 Å². The topological polar surface area (TPSA) is 33.1 Å². The van der Waals surface area contributed by atoms with Crippen molar-refractivity contribution in [2.45, 2.75) is 31.7 Å². The van der Waals surface area contributed by atoms with Crippen molar-refractivity contribution in [3.8, 4) is 0 Å². The van der Waals surface area contributed by atoms with E-state index in [0.29, 0.717) is 6.04 Å². The summed E-state index contributed by atoms with van der Waals surface area (Å²) >= 11 is 0. The third-order valence-electron chi connectivity index (χ3n) is 3.52. The van der Waals surface area contributed by atoms with E-state index in [2.05, 4.69) is 33.2 Å². The molecule has 2 rings (SSSR count). The standard InChI is InChI=1S/C13H24N4/c1-14-7-3-5-12-9-15-17(10-12)13-6-4-8-16(2)11-13/h9-10,13-14H,3-8,11H2,1-2H3.